The Balaban J connectivity index is 1.93. The van der Waals surface area contributed by atoms with Crippen LogP contribution in [0.15, 0.2) is 16.6 Å². The van der Waals surface area contributed by atoms with Crippen LogP contribution in [-0.2, 0) is 6.54 Å². The molecule has 4 heteroatoms. The fourth-order valence-electron chi connectivity index (χ4n) is 1.97. The summed E-state index contributed by atoms with van der Waals surface area (Å²) in [7, 11) is 1.56. The van der Waals surface area contributed by atoms with Crippen molar-refractivity contribution in [3.63, 3.8) is 0 Å². The zero-order valence-corrected chi connectivity index (χ0v) is 11.8. The van der Waals surface area contributed by atoms with E-state index in [1.807, 2.05) is 12.1 Å². The molecule has 1 aromatic carbocycles. The first kappa shape index (κ1) is 12.7. The lowest BCUT2D eigenvalue weighted by molar-refractivity contribution is 0.371. The summed E-state index contributed by atoms with van der Waals surface area (Å²) in [5, 5.41) is 13.1. The van der Waals surface area contributed by atoms with Crippen molar-refractivity contribution >= 4 is 15.9 Å². The highest BCUT2D eigenvalue weighted by atomic mass is 79.9. The fourth-order valence-corrected chi connectivity index (χ4v) is 2.46. The summed E-state index contributed by atoms with van der Waals surface area (Å²) < 4.78 is 5.79. The first-order valence-corrected chi connectivity index (χ1v) is 6.67. The van der Waals surface area contributed by atoms with Gasteiger partial charge in [-0.15, -0.1) is 0 Å². The van der Waals surface area contributed by atoms with Crippen LogP contribution in [0.5, 0.6) is 11.5 Å². The van der Waals surface area contributed by atoms with Gasteiger partial charge in [-0.25, -0.2) is 0 Å². The summed E-state index contributed by atoms with van der Waals surface area (Å²) in [6.45, 7) is 4.16. The van der Waals surface area contributed by atoms with Gasteiger partial charge in [0.15, 0.2) is 11.5 Å². The summed E-state index contributed by atoms with van der Waals surface area (Å²) in [6.07, 6.45) is 1.34. The zero-order valence-electron chi connectivity index (χ0n) is 10.2. The number of rotatable bonds is 5. The molecular weight excluding hydrogens is 282 g/mol. The Kier molecular flexibility index (Phi) is 3.94. The highest BCUT2D eigenvalue weighted by Gasteiger charge is 2.31. The van der Waals surface area contributed by atoms with Crippen LogP contribution in [-0.4, -0.2) is 18.8 Å². The summed E-state index contributed by atoms with van der Waals surface area (Å²) in [6, 6.07) is 3.78. The van der Waals surface area contributed by atoms with E-state index in [1.165, 1.54) is 6.42 Å². The van der Waals surface area contributed by atoms with E-state index in [9.17, 15) is 5.11 Å². The van der Waals surface area contributed by atoms with Gasteiger partial charge in [-0.05, 0) is 58.4 Å². The number of halogens is 1. The average molecular weight is 300 g/mol. The monoisotopic (exact) mass is 299 g/mol. The van der Waals surface area contributed by atoms with Gasteiger partial charge in [0.25, 0.3) is 0 Å². The Hall–Kier alpha value is -0.740. The fraction of sp³-hybridized carbons (Fsp3) is 0.538. The Morgan fingerprint density at radius 3 is 2.82 bits per heavy atom. The van der Waals surface area contributed by atoms with E-state index in [1.54, 1.807) is 7.11 Å². The third kappa shape index (κ3) is 3.13. The molecule has 1 fully saturated rings. The van der Waals surface area contributed by atoms with Gasteiger partial charge in [-0.3, -0.25) is 0 Å². The number of methoxy groups -OCH3 is 1. The summed E-state index contributed by atoms with van der Waals surface area (Å²) in [5.74, 6) is 2.39. The number of phenolic OH excluding ortho intramolecular Hbond substituents is 1. The van der Waals surface area contributed by atoms with Gasteiger partial charge in [-0.2, -0.15) is 0 Å². The lowest BCUT2D eigenvalue weighted by Crippen LogP contribution is -2.16. The minimum absolute atomic E-state index is 0.159. The van der Waals surface area contributed by atoms with E-state index in [-0.39, 0.29) is 5.75 Å². The molecule has 1 aliphatic rings. The molecule has 3 nitrogen and oxygen atoms in total. The van der Waals surface area contributed by atoms with Crippen molar-refractivity contribution in [3.05, 3.63) is 22.2 Å². The number of nitrogens with one attached hydrogen (secondary N) is 1. The molecule has 1 aliphatic carbocycles. The van der Waals surface area contributed by atoms with Gasteiger partial charge in [0.05, 0.1) is 11.6 Å². The highest BCUT2D eigenvalue weighted by Crippen LogP contribution is 2.37. The third-order valence-corrected chi connectivity index (χ3v) is 3.92. The molecule has 0 amide bonds. The van der Waals surface area contributed by atoms with Gasteiger partial charge in [0.2, 0.25) is 0 Å². The summed E-state index contributed by atoms with van der Waals surface area (Å²) >= 11 is 3.32. The van der Waals surface area contributed by atoms with Gasteiger partial charge in [-0.1, -0.05) is 6.92 Å². The van der Waals surface area contributed by atoms with Crippen LogP contribution >= 0.6 is 15.9 Å². The third-order valence-electron chi connectivity index (χ3n) is 3.32. The molecule has 0 saturated heterocycles. The van der Waals surface area contributed by atoms with E-state index in [2.05, 4.69) is 28.2 Å². The van der Waals surface area contributed by atoms with Crippen LogP contribution in [0, 0.1) is 11.8 Å². The molecular formula is C13H18BrNO2. The van der Waals surface area contributed by atoms with Crippen molar-refractivity contribution < 1.29 is 9.84 Å². The van der Waals surface area contributed by atoms with Crippen molar-refractivity contribution in [2.45, 2.75) is 19.9 Å². The number of ether oxygens (including phenoxy) is 1. The molecule has 0 aromatic heterocycles. The molecule has 2 atom stereocenters. The van der Waals surface area contributed by atoms with Gasteiger partial charge in [0, 0.05) is 6.54 Å². The molecule has 0 heterocycles. The Morgan fingerprint density at radius 1 is 1.53 bits per heavy atom. The predicted molar refractivity (Wildman–Crippen MR) is 71.3 cm³/mol. The van der Waals surface area contributed by atoms with E-state index >= 15 is 0 Å². The lowest BCUT2D eigenvalue weighted by Gasteiger charge is -2.09. The Bertz CT molecular complexity index is 409. The molecule has 2 unspecified atom stereocenters. The normalized spacial score (nSPS) is 22.5. The maximum atomic E-state index is 9.69. The van der Waals surface area contributed by atoms with Gasteiger partial charge < -0.3 is 15.2 Å². The average Bonchev–Trinajstić information content (AvgIpc) is 2.99. The van der Waals surface area contributed by atoms with Gasteiger partial charge >= 0.3 is 0 Å². The van der Waals surface area contributed by atoms with Crippen LogP contribution in [0.3, 0.4) is 0 Å². The molecule has 1 aromatic rings. The molecule has 0 spiro atoms. The molecule has 2 rings (SSSR count). The summed E-state index contributed by atoms with van der Waals surface area (Å²) in [5.41, 5.74) is 1.11. The van der Waals surface area contributed by atoms with Crippen LogP contribution in [0.25, 0.3) is 0 Å². The number of phenols is 1. The molecule has 0 bridgehead atoms. The minimum Gasteiger partial charge on any atom is -0.503 e. The van der Waals surface area contributed by atoms with E-state index < -0.39 is 0 Å². The van der Waals surface area contributed by atoms with Crippen LogP contribution < -0.4 is 10.1 Å². The smallest absolute Gasteiger partial charge is 0.172 e. The van der Waals surface area contributed by atoms with Crippen molar-refractivity contribution in [3.8, 4) is 11.5 Å². The second kappa shape index (κ2) is 5.27. The predicted octanol–water partition coefficient (Wildman–Crippen LogP) is 2.91. The molecule has 0 radical (unpaired) electrons. The van der Waals surface area contributed by atoms with Crippen molar-refractivity contribution in [2.75, 3.05) is 13.7 Å². The Labute approximate surface area is 110 Å². The molecule has 0 aliphatic heterocycles. The molecule has 1 saturated carbocycles. The lowest BCUT2D eigenvalue weighted by atomic mass is 10.2. The van der Waals surface area contributed by atoms with E-state index in [4.69, 9.17) is 4.74 Å². The summed E-state index contributed by atoms with van der Waals surface area (Å²) in [4.78, 5) is 0. The van der Waals surface area contributed by atoms with E-state index in [0.717, 1.165) is 30.5 Å². The first-order valence-electron chi connectivity index (χ1n) is 5.88. The molecule has 17 heavy (non-hydrogen) atoms. The Morgan fingerprint density at radius 2 is 2.24 bits per heavy atom. The molecule has 94 valence electrons. The topological polar surface area (TPSA) is 41.5 Å². The maximum absolute atomic E-state index is 9.69. The standard InChI is InChI=1S/C13H18BrNO2/c1-8-3-10(8)7-15-6-9-4-11(14)13(16)12(5-9)17-2/h4-5,8,10,15-16H,3,6-7H2,1-2H3. The number of aromatic hydroxyl groups is 1. The number of benzene rings is 1. The zero-order chi connectivity index (χ0) is 12.4. The number of hydrogen-bond acceptors (Lipinski definition) is 3. The van der Waals surface area contributed by atoms with Crippen LogP contribution in [0.2, 0.25) is 0 Å². The number of hydrogen-bond donors (Lipinski definition) is 2. The van der Waals surface area contributed by atoms with Crippen LogP contribution in [0.1, 0.15) is 18.9 Å². The van der Waals surface area contributed by atoms with Crippen molar-refractivity contribution in [2.24, 2.45) is 11.8 Å². The van der Waals surface area contributed by atoms with Crippen molar-refractivity contribution in [1.82, 2.24) is 5.32 Å². The first-order chi connectivity index (χ1) is 8.11. The maximum Gasteiger partial charge on any atom is 0.172 e. The second-order valence-electron chi connectivity index (χ2n) is 4.73. The highest BCUT2D eigenvalue weighted by molar-refractivity contribution is 9.10. The van der Waals surface area contributed by atoms with Crippen molar-refractivity contribution in [1.29, 1.82) is 0 Å². The quantitative estimate of drug-likeness (QED) is 0.878. The molecule has 2 N–H and O–H groups in total. The SMILES string of the molecule is COc1cc(CNCC2CC2C)cc(Br)c1O. The van der Waals surface area contributed by atoms with Crippen LogP contribution in [0.4, 0.5) is 0 Å². The second-order valence-corrected chi connectivity index (χ2v) is 5.59. The minimum atomic E-state index is 0.159. The largest absolute Gasteiger partial charge is 0.503 e. The van der Waals surface area contributed by atoms with E-state index in [0.29, 0.717) is 10.2 Å². The van der Waals surface area contributed by atoms with Gasteiger partial charge in [0.1, 0.15) is 0 Å².